The van der Waals surface area contributed by atoms with Gasteiger partial charge in [-0.1, -0.05) is 15.9 Å². The van der Waals surface area contributed by atoms with Crippen LogP contribution in [0.5, 0.6) is 5.75 Å². The average molecular weight is 497 g/mol. The van der Waals surface area contributed by atoms with Gasteiger partial charge in [0.1, 0.15) is 5.75 Å². The Labute approximate surface area is 195 Å². The van der Waals surface area contributed by atoms with E-state index in [2.05, 4.69) is 33.0 Å². The van der Waals surface area contributed by atoms with Crippen molar-refractivity contribution in [1.29, 1.82) is 0 Å². The first-order valence-electron chi connectivity index (χ1n) is 11.5. The summed E-state index contributed by atoms with van der Waals surface area (Å²) in [6, 6.07) is 6.20. The maximum Gasteiger partial charge on any atom is 0.409 e. The van der Waals surface area contributed by atoms with E-state index in [1.165, 1.54) is 51.6 Å². The highest BCUT2D eigenvalue weighted by atomic mass is 79.9. The molecule has 6 nitrogen and oxygen atoms in total. The van der Waals surface area contributed by atoms with Crippen molar-refractivity contribution in [2.24, 2.45) is 11.8 Å². The summed E-state index contributed by atoms with van der Waals surface area (Å²) in [6.45, 7) is 7.13. The minimum absolute atomic E-state index is 0.182. The molecule has 0 spiro atoms. The Morgan fingerprint density at radius 2 is 1.90 bits per heavy atom. The molecule has 0 bridgehead atoms. The van der Waals surface area contributed by atoms with Gasteiger partial charge in [0.05, 0.1) is 7.11 Å². The summed E-state index contributed by atoms with van der Waals surface area (Å²) in [5.41, 5.74) is 1.31. The maximum atomic E-state index is 11.6. The number of piperidine rings is 1. The number of hydrogen-bond donors (Lipinski definition) is 0. The Morgan fingerprint density at radius 1 is 1.16 bits per heavy atom. The minimum Gasteiger partial charge on any atom is -0.465 e. The maximum absolute atomic E-state index is 11.6. The second-order valence-electron chi connectivity index (χ2n) is 8.88. The van der Waals surface area contributed by atoms with E-state index in [0.29, 0.717) is 5.92 Å². The molecule has 2 aliphatic rings. The summed E-state index contributed by atoms with van der Waals surface area (Å²) in [4.78, 5) is 16.1. The van der Waals surface area contributed by atoms with Gasteiger partial charge in [0.15, 0.2) is 6.29 Å². The van der Waals surface area contributed by atoms with Crippen LogP contribution >= 0.6 is 15.9 Å². The third-order valence-corrected chi connectivity index (χ3v) is 7.44. The second-order valence-corrected chi connectivity index (χ2v) is 9.73. The molecule has 2 atom stereocenters. The molecule has 2 unspecified atom stereocenters. The lowest BCUT2D eigenvalue weighted by atomic mass is 9.92. The Balaban J connectivity index is 1.37. The Bertz CT molecular complexity index is 709. The highest BCUT2D eigenvalue weighted by Crippen LogP contribution is 2.29. The van der Waals surface area contributed by atoms with Crippen LogP contribution in [0.4, 0.5) is 4.79 Å². The molecule has 1 aromatic carbocycles. The zero-order chi connectivity index (χ0) is 22.2. The van der Waals surface area contributed by atoms with Gasteiger partial charge in [-0.15, -0.1) is 0 Å². The number of hydrogen-bond acceptors (Lipinski definition) is 5. The van der Waals surface area contributed by atoms with Crippen LogP contribution < -0.4 is 4.74 Å². The molecule has 7 heteroatoms. The van der Waals surface area contributed by atoms with E-state index in [4.69, 9.17) is 14.2 Å². The summed E-state index contributed by atoms with van der Waals surface area (Å²) in [7, 11) is 3.12. The molecule has 2 heterocycles. The standard InChI is InChI=1S/C24H37BrN2O4/c1-18(29-2)31-22-6-7-23(25)21(16-22)15-20-8-12-26(17-20)11-4-5-19-9-13-27(14-10-19)24(28)30-3/h6-7,16,18-20H,4-5,8-15,17H2,1-3H3. The molecule has 174 valence electrons. The van der Waals surface area contributed by atoms with Crippen molar-refractivity contribution in [3.05, 3.63) is 28.2 Å². The molecule has 2 saturated heterocycles. The molecule has 1 aromatic rings. The largest absolute Gasteiger partial charge is 0.465 e. The number of carbonyl (C=O) groups is 1. The number of likely N-dealkylation sites (tertiary alicyclic amines) is 2. The van der Waals surface area contributed by atoms with E-state index in [-0.39, 0.29) is 12.4 Å². The monoisotopic (exact) mass is 496 g/mol. The van der Waals surface area contributed by atoms with Gasteiger partial charge >= 0.3 is 6.09 Å². The van der Waals surface area contributed by atoms with Crippen LogP contribution in [0.2, 0.25) is 0 Å². The lowest BCUT2D eigenvalue weighted by Crippen LogP contribution is -2.38. The van der Waals surface area contributed by atoms with Crippen molar-refractivity contribution in [2.75, 3.05) is 46.9 Å². The number of rotatable bonds is 9. The molecule has 0 aliphatic carbocycles. The first-order valence-corrected chi connectivity index (χ1v) is 12.3. The van der Waals surface area contributed by atoms with Crippen LogP contribution in [0.1, 0.15) is 44.6 Å². The van der Waals surface area contributed by atoms with E-state index in [1.54, 1.807) is 7.11 Å². The van der Waals surface area contributed by atoms with Crippen LogP contribution in [-0.4, -0.2) is 69.1 Å². The predicted molar refractivity (Wildman–Crippen MR) is 125 cm³/mol. The van der Waals surface area contributed by atoms with E-state index in [9.17, 15) is 4.79 Å². The third-order valence-electron chi connectivity index (χ3n) is 6.66. The van der Waals surface area contributed by atoms with Crippen molar-refractivity contribution in [3.63, 3.8) is 0 Å². The van der Waals surface area contributed by atoms with E-state index < -0.39 is 0 Å². The number of amides is 1. The number of halogens is 1. The quantitative estimate of drug-likeness (QED) is 0.453. The summed E-state index contributed by atoms with van der Waals surface area (Å²) >= 11 is 3.71. The number of nitrogens with zero attached hydrogens (tertiary/aromatic N) is 2. The van der Waals surface area contributed by atoms with Gasteiger partial charge < -0.3 is 24.0 Å². The molecule has 0 N–H and O–H groups in total. The van der Waals surface area contributed by atoms with Crippen LogP contribution in [0.25, 0.3) is 0 Å². The van der Waals surface area contributed by atoms with Gasteiger partial charge in [0, 0.05) is 31.2 Å². The lowest BCUT2D eigenvalue weighted by Gasteiger charge is -2.31. The Hall–Kier alpha value is -1.31. The van der Waals surface area contributed by atoms with Crippen molar-refractivity contribution in [1.82, 2.24) is 9.80 Å². The molecule has 31 heavy (non-hydrogen) atoms. The number of carbonyl (C=O) groups excluding carboxylic acids is 1. The first kappa shape index (κ1) is 24.3. The third kappa shape index (κ3) is 7.36. The highest BCUT2D eigenvalue weighted by molar-refractivity contribution is 9.10. The summed E-state index contributed by atoms with van der Waals surface area (Å²) < 4.78 is 17.0. The van der Waals surface area contributed by atoms with Crippen LogP contribution in [0.15, 0.2) is 22.7 Å². The van der Waals surface area contributed by atoms with Crippen LogP contribution in [-0.2, 0) is 15.9 Å². The number of benzene rings is 1. The summed E-state index contributed by atoms with van der Waals surface area (Å²) in [5.74, 6) is 2.29. The minimum atomic E-state index is -0.247. The van der Waals surface area contributed by atoms with E-state index in [0.717, 1.165) is 48.5 Å². The predicted octanol–water partition coefficient (Wildman–Crippen LogP) is 4.94. The van der Waals surface area contributed by atoms with Crippen molar-refractivity contribution >= 4 is 22.0 Å². The average Bonchev–Trinajstić information content (AvgIpc) is 3.23. The molecule has 1 amide bonds. The van der Waals surface area contributed by atoms with Crippen LogP contribution in [0, 0.1) is 11.8 Å². The van der Waals surface area contributed by atoms with Gasteiger partial charge in [-0.25, -0.2) is 4.79 Å². The molecule has 0 aromatic heterocycles. The normalized spacial score (nSPS) is 21.3. The van der Waals surface area contributed by atoms with Gasteiger partial charge in [0.2, 0.25) is 0 Å². The lowest BCUT2D eigenvalue weighted by molar-refractivity contribution is -0.0383. The molecular formula is C24H37BrN2O4. The zero-order valence-electron chi connectivity index (χ0n) is 19.1. The fourth-order valence-corrected chi connectivity index (χ4v) is 5.16. The molecule has 3 rings (SSSR count). The number of ether oxygens (including phenoxy) is 3. The van der Waals surface area contributed by atoms with E-state index >= 15 is 0 Å². The Morgan fingerprint density at radius 3 is 2.61 bits per heavy atom. The van der Waals surface area contributed by atoms with E-state index in [1.807, 2.05) is 17.9 Å². The fourth-order valence-electron chi connectivity index (χ4n) is 4.75. The first-order chi connectivity index (χ1) is 15.0. The van der Waals surface area contributed by atoms with Crippen molar-refractivity contribution < 1.29 is 19.0 Å². The summed E-state index contributed by atoms with van der Waals surface area (Å²) in [5, 5.41) is 0. The highest BCUT2D eigenvalue weighted by Gasteiger charge is 2.25. The fraction of sp³-hybridized carbons (Fsp3) is 0.708. The zero-order valence-corrected chi connectivity index (χ0v) is 20.7. The number of methoxy groups -OCH3 is 2. The SMILES string of the molecule is COC(=O)N1CCC(CCCN2CCC(Cc3cc(OC(C)OC)ccc3Br)C2)CC1. The molecule has 0 radical (unpaired) electrons. The smallest absolute Gasteiger partial charge is 0.409 e. The second kappa shape index (κ2) is 12.1. The summed E-state index contributed by atoms with van der Waals surface area (Å²) in [6.07, 6.45) is 6.61. The van der Waals surface area contributed by atoms with Crippen molar-refractivity contribution in [3.8, 4) is 5.75 Å². The Kier molecular flexibility index (Phi) is 9.48. The molecule has 0 saturated carbocycles. The van der Waals surface area contributed by atoms with Gasteiger partial charge in [-0.2, -0.15) is 0 Å². The van der Waals surface area contributed by atoms with Gasteiger partial charge in [0.25, 0.3) is 0 Å². The van der Waals surface area contributed by atoms with Crippen LogP contribution in [0.3, 0.4) is 0 Å². The topological polar surface area (TPSA) is 51.2 Å². The molecule has 2 aliphatic heterocycles. The van der Waals surface area contributed by atoms with Gasteiger partial charge in [-0.3, -0.25) is 0 Å². The van der Waals surface area contributed by atoms with Gasteiger partial charge in [-0.05, 0) is 94.1 Å². The molecular weight excluding hydrogens is 460 g/mol. The molecule has 2 fully saturated rings. The van der Waals surface area contributed by atoms with Crippen molar-refractivity contribution in [2.45, 2.75) is 51.7 Å².